The first-order valence-electron chi connectivity index (χ1n) is 7.32. The third kappa shape index (κ3) is 6.10. The normalized spacial score (nSPS) is 11.7. The van der Waals surface area contributed by atoms with Gasteiger partial charge in [0.2, 0.25) is 0 Å². The average molecular weight is 320 g/mol. The van der Waals surface area contributed by atoms with Crippen molar-refractivity contribution in [1.29, 1.82) is 0 Å². The van der Waals surface area contributed by atoms with Crippen LogP contribution in [0.4, 0.5) is 0 Å². The largest absolute Gasteiger partial charge is 0.478 e. The molecule has 0 heterocycles. The minimum atomic E-state index is -1.19. The molecule has 0 atom stereocenters. The van der Waals surface area contributed by atoms with Crippen LogP contribution < -0.4 is 10.6 Å². The molecule has 0 spiro atoms. The van der Waals surface area contributed by atoms with Crippen molar-refractivity contribution in [2.24, 2.45) is 0 Å². The van der Waals surface area contributed by atoms with Crippen LogP contribution in [0.25, 0.3) is 0 Å². The summed E-state index contributed by atoms with van der Waals surface area (Å²) >= 11 is 0. The first-order chi connectivity index (χ1) is 10.3. The van der Waals surface area contributed by atoms with Gasteiger partial charge >= 0.3 is 5.97 Å². The van der Waals surface area contributed by atoms with Crippen molar-refractivity contribution < 1.29 is 19.5 Å². The van der Waals surface area contributed by atoms with E-state index < -0.39 is 28.9 Å². The van der Waals surface area contributed by atoms with Crippen molar-refractivity contribution in [3.05, 3.63) is 34.9 Å². The summed E-state index contributed by atoms with van der Waals surface area (Å²) in [5, 5.41) is 14.7. The lowest BCUT2D eigenvalue weighted by Gasteiger charge is -2.22. The van der Waals surface area contributed by atoms with E-state index in [-0.39, 0.29) is 16.7 Å². The minimum Gasteiger partial charge on any atom is -0.478 e. The second-order valence-corrected chi connectivity index (χ2v) is 7.51. The molecular formula is C17H24N2O4. The fourth-order valence-corrected chi connectivity index (χ4v) is 1.84. The monoisotopic (exact) mass is 320 g/mol. The maximum absolute atomic E-state index is 12.3. The number of carbonyl (C=O) groups excluding carboxylic acids is 2. The number of carboxylic acids is 1. The predicted molar refractivity (Wildman–Crippen MR) is 87.8 cm³/mol. The Hall–Kier alpha value is -2.37. The minimum absolute atomic E-state index is 0.106. The van der Waals surface area contributed by atoms with Crippen LogP contribution in [-0.2, 0) is 0 Å². The quantitative estimate of drug-likeness (QED) is 0.797. The van der Waals surface area contributed by atoms with Gasteiger partial charge in [-0.05, 0) is 59.7 Å². The fraction of sp³-hybridized carbons (Fsp3) is 0.471. The van der Waals surface area contributed by atoms with E-state index in [1.54, 1.807) is 0 Å². The summed E-state index contributed by atoms with van der Waals surface area (Å²) in [5.74, 6) is -2.05. The second kappa shape index (κ2) is 6.40. The molecule has 0 aromatic heterocycles. The van der Waals surface area contributed by atoms with E-state index in [4.69, 9.17) is 0 Å². The van der Waals surface area contributed by atoms with Gasteiger partial charge in [-0.25, -0.2) is 4.79 Å². The van der Waals surface area contributed by atoms with Gasteiger partial charge in [0.25, 0.3) is 11.8 Å². The lowest BCUT2D eigenvalue weighted by molar-refractivity contribution is 0.0697. The molecule has 23 heavy (non-hydrogen) atoms. The molecule has 0 saturated carbocycles. The third-order valence-electron chi connectivity index (χ3n) is 2.68. The standard InChI is InChI=1S/C17H24N2O4/c1-16(2,3)18-13(20)10-7-11(9-12(8-10)15(22)23)14(21)19-17(4,5)6/h7-9H,1-6H3,(H,18,20)(H,19,21)(H,22,23). The molecule has 0 aliphatic carbocycles. The van der Waals surface area contributed by atoms with Crippen LogP contribution in [-0.4, -0.2) is 34.0 Å². The summed E-state index contributed by atoms with van der Waals surface area (Å²) in [6.07, 6.45) is 0. The summed E-state index contributed by atoms with van der Waals surface area (Å²) in [4.78, 5) is 35.8. The van der Waals surface area contributed by atoms with Crippen molar-refractivity contribution >= 4 is 17.8 Å². The van der Waals surface area contributed by atoms with Crippen LogP contribution >= 0.6 is 0 Å². The van der Waals surface area contributed by atoms with Crippen molar-refractivity contribution in [3.63, 3.8) is 0 Å². The molecule has 0 saturated heterocycles. The van der Waals surface area contributed by atoms with Crippen molar-refractivity contribution in [2.45, 2.75) is 52.6 Å². The van der Waals surface area contributed by atoms with Crippen LogP contribution in [0, 0.1) is 0 Å². The smallest absolute Gasteiger partial charge is 0.335 e. The summed E-state index contributed by atoms with van der Waals surface area (Å²) in [7, 11) is 0. The molecule has 3 N–H and O–H groups in total. The lowest BCUT2D eigenvalue weighted by atomic mass is 10.0. The topological polar surface area (TPSA) is 95.5 Å². The highest BCUT2D eigenvalue weighted by atomic mass is 16.4. The summed E-state index contributed by atoms with van der Waals surface area (Å²) in [6.45, 7) is 10.9. The Morgan fingerprint density at radius 1 is 0.739 bits per heavy atom. The number of benzene rings is 1. The molecule has 6 nitrogen and oxygen atoms in total. The van der Waals surface area contributed by atoms with Gasteiger partial charge in [-0.3, -0.25) is 9.59 Å². The Morgan fingerprint density at radius 3 is 1.30 bits per heavy atom. The Bertz CT molecular complexity index is 591. The molecule has 126 valence electrons. The van der Waals surface area contributed by atoms with E-state index >= 15 is 0 Å². The highest BCUT2D eigenvalue weighted by Crippen LogP contribution is 2.14. The molecule has 2 amide bonds. The van der Waals surface area contributed by atoms with E-state index in [0.29, 0.717) is 0 Å². The van der Waals surface area contributed by atoms with Gasteiger partial charge in [-0.15, -0.1) is 0 Å². The van der Waals surface area contributed by atoms with Crippen LogP contribution in [0.3, 0.4) is 0 Å². The van der Waals surface area contributed by atoms with Gasteiger partial charge in [0.1, 0.15) is 0 Å². The van der Waals surface area contributed by atoms with Gasteiger partial charge < -0.3 is 15.7 Å². The summed E-state index contributed by atoms with van der Waals surface area (Å²) in [5.41, 5.74) is -0.766. The van der Waals surface area contributed by atoms with Crippen LogP contribution in [0.2, 0.25) is 0 Å². The van der Waals surface area contributed by atoms with Gasteiger partial charge in [0.15, 0.2) is 0 Å². The number of nitrogens with one attached hydrogen (secondary N) is 2. The maximum atomic E-state index is 12.3. The van der Waals surface area contributed by atoms with Gasteiger partial charge in [-0.1, -0.05) is 0 Å². The van der Waals surface area contributed by atoms with Crippen molar-refractivity contribution in [3.8, 4) is 0 Å². The Balaban J connectivity index is 3.25. The average Bonchev–Trinajstić information content (AvgIpc) is 2.34. The van der Waals surface area contributed by atoms with Gasteiger partial charge in [0.05, 0.1) is 5.56 Å². The number of aromatic carboxylic acids is 1. The molecule has 0 fully saturated rings. The molecule has 6 heteroatoms. The molecule has 0 aliphatic heterocycles. The zero-order valence-electron chi connectivity index (χ0n) is 14.4. The van der Waals surface area contributed by atoms with E-state index in [2.05, 4.69) is 10.6 Å². The predicted octanol–water partition coefficient (Wildman–Crippen LogP) is 2.44. The number of carbonyl (C=O) groups is 3. The number of amides is 2. The van der Waals surface area contributed by atoms with Gasteiger partial charge in [0, 0.05) is 22.2 Å². The summed E-state index contributed by atoms with van der Waals surface area (Å²) < 4.78 is 0. The van der Waals surface area contributed by atoms with Crippen LogP contribution in [0.5, 0.6) is 0 Å². The molecule has 0 radical (unpaired) electrons. The zero-order valence-corrected chi connectivity index (χ0v) is 14.4. The molecule has 0 bridgehead atoms. The Kier molecular flexibility index (Phi) is 5.20. The van der Waals surface area contributed by atoms with Gasteiger partial charge in [-0.2, -0.15) is 0 Å². The fourth-order valence-electron chi connectivity index (χ4n) is 1.84. The molecule has 0 unspecified atom stereocenters. The molecule has 1 aromatic rings. The maximum Gasteiger partial charge on any atom is 0.335 e. The molecule has 1 aromatic carbocycles. The summed E-state index contributed by atoms with van der Waals surface area (Å²) in [6, 6.07) is 3.92. The van der Waals surface area contributed by atoms with Crippen LogP contribution in [0.1, 0.15) is 72.6 Å². The first-order valence-corrected chi connectivity index (χ1v) is 7.32. The number of hydrogen-bond donors (Lipinski definition) is 3. The lowest BCUT2D eigenvalue weighted by Crippen LogP contribution is -2.41. The Morgan fingerprint density at radius 2 is 1.04 bits per heavy atom. The molecular weight excluding hydrogens is 296 g/mol. The zero-order chi connectivity index (χ0) is 18.0. The SMILES string of the molecule is CC(C)(C)NC(=O)c1cc(C(=O)O)cc(C(=O)NC(C)(C)C)c1. The van der Waals surface area contributed by atoms with Crippen LogP contribution in [0.15, 0.2) is 18.2 Å². The first kappa shape index (κ1) is 18.7. The molecule has 1 rings (SSSR count). The number of hydrogen-bond acceptors (Lipinski definition) is 3. The van der Waals surface area contributed by atoms with Crippen molar-refractivity contribution in [2.75, 3.05) is 0 Å². The third-order valence-corrected chi connectivity index (χ3v) is 2.68. The van der Waals surface area contributed by atoms with Crippen molar-refractivity contribution in [1.82, 2.24) is 10.6 Å². The highest BCUT2D eigenvalue weighted by Gasteiger charge is 2.21. The number of carboxylic acid groups (broad SMARTS) is 1. The molecule has 0 aliphatic rings. The van der Waals surface area contributed by atoms with E-state index in [1.807, 2.05) is 41.5 Å². The van der Waals surface area contributed by atoms with E-state index in [1.165, 1.54) is 18.2 Å². The second-order valence-electron chi connectivity index (χ2n) is 7.51. The highest BCUT2D eigenvalue weighted by molar-refractivity contribution is 6.03. The van der Waals surface area contributed by atoms with E-state index in [0.717, 1.165) is 0 Å². The Labute approximate surface area is 136 Å². The van der Waals surface area contributed by atoms with E-state index in [9.17, 15) is 19.5 Å². The number of rotatable bonds is 3.